The fourth-order valence-corrected chi connectivity index (χ4v) is 19.1. The summed E-state index contributed by atoms with van der Waals surface area (Å²) in [6, 6.07) is 129. The molecule has 4 fully saturated rings. The van der Waals surface area contributed by atoms with Crippen LogP contribution in [0.4, 0.5) is 34.5 Å². The first-order valence-electron chi connectivity index (χ1n) is 39.0. The van der Waals surface area contributed by atoms with Crippen LogP contribution >= 0.6 is 0 Å². The Morgan fingerprint density at radius 2 is 0.339 bits per heavy atom. The Bertz CT molecular complexity index is 5420. The largest absolute Gasteiger partial charge is 0.673 e. The van der Waals surface area contributed by atoms with Gasteiger partial charge in [-0.1, -0.05) is 340 Å². The van der Waals surface area contributed by atoms with Crippen molar-refractivity contribution < 1.29 is 43.7 Å². The van der Waals surface area contributed by atoms with E-state index in [1.165, 1.54) is 131 Å². The van der Waals surface area contributed by atoms with Crippen molar-refractivity contribution in [1.82, 2.24) is 9.80 Å². The van der Waals surface area contributed by atoms with E-state index in [0.29, 0.717) is 0 Å². The van der Waals surface area contributed by atoms with Crippen molar-refractivity contribution in [2.45, 2.75) is 99.7 Å². The van der Waals surface area contributed by atoms with Crippen LogP contribution in [0.15, 0.2) is 340 Å². The summed E-state index contributed by atoms with van der Waals surface area (Å²) in [7, 11) is -12.0. The molecule has 0 bridgehead atoms. The molecule has 0 radical (unpaired) electrons. The molecule has 0 N–H and O–H groups in total. The van der Waals surface area contributed by atoms with Crippen LogP contribution in [-0.2, 0) is 0 Å². The van der Waals surface area contributed by atoms with Gasteiger partial charge in [-0.3, -0.25) is 19.0 Å². The zero-order chi connectivity index (χ0) is 76.5. The summed E-state index contributed by atoms with van der Waals surface area (Å²) >= 11 is 0. The van der Waals surface area contributed by atoms with Gasteiger partial charge >= 0.3 is 14.5 Å². The zero-order valence-electron chi connectivity index (χ0n) is 61.7. The van der Waals surface area contributed by atoms with Crippen molar-refractivity contribution in [3.05, 3.63) is 384 Å². The lowest BCUT2D eigenvalue weighted by Crippen LogP contribution is -2.32. The Morgan fingerprint density at radius 1 is 0.196 bits per heavy atom. The molecular formula is C98H82B2F8N4. The van der Waals surface area contributed by atoms with E-state index in [-0.39, 0.29) is 48.3 Å². The summed E-state index contributed by atoms with van der Waals surface area (Å²) in [6.07, 6.45) is 14.0. The minimum absolute atomic E-state index is 0.252. The Labute approximate surface area is 647 Å². The van der Waals surface area contributed by atoms with Gasteiger partial charge in [-0.25, -0.2) is 0 Å². The van der Waals surface area contributed by atoms with Gasteiger partial charge in [0.1, 0.15) is 48.3 Å². The van der Waals surface area contributed by atoms with Crippen LogP contribution in [0, 0.1) is 0 Å². The average molecular weight is 1490 g/mol. The zero-order valence-corrected chi connectivity index (χ0v) is 61.7. The number of benzene rings is 16. The average Bonchev–Trinajstić information content (AvgIpc) is 1.59. The molecule has 4 heterocycles. The number of fused-ring (bicyclic) bond motifs is 8. The maximum atomic E-state index is 9.75. The minimum atomic E-state index is -6.00. The van der Waals surface area contributed by atoms with Gasteiger partial charge in [-0.15, -0.1) is 0 Å². The lowest BCUT2D eigenvalue weighted by atomic mass is 9.97. The molecule has 112 heavy (non-hydrogen) atoms. The van der Waals surface area contributed by atoms with Crippen molar-refractivity contribution in [2.24, 2.45) is 0 Å². The van der Waals surface area contributed by atoms with E-state index >= 15 is 0 Å². The molecule has 0 aromatic heterocycles. The van der Waals surface area contributed by atoms with E-state index in [1.807, 2.05) is 0 Å². The highest BCUT2D eigenvalue weighted by atomic mass is 19.5. The molecule has 14 heteroatoms. The third kappa shape index (κ3) is 15.0. The van der Waals surface area contributed by atoms with E-state index in [2.05, 4.69) is 371 Å². The Morgan fingerprint density at radius 3 is 0.518 bits per heavy atom. The molecule has 0 spiro atoms. The number of likely N-dealkylation sites (tertiary alicyclic amines) is 2. The lowest BCUT2D eigenvalue weighted by Gasteiger charge is -2.28. The first-order valence-corrected chi connectivity index (χ1v) is 39.0. The molecule has 4 aliphatic rings. The van der Waals surface area contributed by atoms with Gasteiger partial charge in [0.05, 0.1) is 0 Å². The monoisotopic (exact) mass is 1490 g/mol. The maximum Gasteiger partial charge on any atom is 0.673 e. The third-order valence-electron chi connectivity index (χ3n) is 23.7. The summed E-state index contributed by atoms with van der Waals surface area (Å²) in [5.41, 5.74) is 11.4. The van der Waals surface area contributed by atoms with Gasteiger partial charge in [0.2, 0.25) is 12.7 Å². The summed E-state index contributed by atoms with van der Waals surface area (Å²) in [5.74, 6) is 0. The van der Waals surface area contributed by atoms with E-state index in [9.17, 15) is 34.5 Å². The van der Waals surface area contributed by atoms with Gasteiger partial charge < -0.3 is 34.5 Å². The van der Waals surface area contributed by atoms with Crippen LogP contribution in [0.2, 0.25) is 0 Å². The molecule has 16 aromatic rings. The van der Waals surface area contributed by atoms with Crippen LogP contribution < -0.4 is 0 Å². The highest BCUT2D eigenvalue weighted by molar-refractivity contribution is 6.50. The van der Waals surface area contributed by atoms with Gasteiger partial charge in [-0.2, -0.15) is 0 Å². The fraction of sp³-hybridized carbons (Fsp3) is 0.163. The number of nitrogens with zero attached hydrogens (tertiary/aromatic N) is 4. The molecule has 556 valence electrons. The van der Waals surface area contributed by atoms with Crippen molar-refractivity contribution in [3.63, 3.8) is 0 Å². The van der Waals surface area contributed by atoms with Crippen molar-refractivity contribution in [2.75, 3.05) is 0 Å². The van der Waals surface area contributed by atoms with Gasteiger partial charge in [0.15, 0.2) is 0 Å². The first-order chi connectivity index (χ1) is 54.6. The summed E-state index contributed by atoms with van der Waals surface area (Å²) < 4.78 is 83.5. The number of hydrogen-bond donors (Lipinski definition) is 0. The highest BCUT2D eigenvalue weighted by Crippen LogP contribution is 2.52. The Hall–Kier alpha value is -11.9. The van der Waals surface area contributed by atoms with Crippen molar-refractivity contribution >= 4 is 113 Å². The van der Waals surface area contributed by atoms with E-state index < -0.39 is 14.5 Å². The fourth-order valence-electron chi connectivity index (χ4n) is 19.1. The van der Waals surface area contributed by atoms with Crippen molar-refractivity contribution in [1.29, 1.82) is 0 Å². The number of rotatable bonds is 10. The summed E-state index contributed by atoms with van der Waals surface area (Å²) in [5, 5.41) is 21.4. The quantitative estimate of drug-likeness (QED) is 0.0586. The number of hydrogen-bond acceptors (Lipinski definition) is 0. The summed E-state index contributed by atoms with van der Waals surface area (Å²) in [6.45, 7) is 0. The van der Waals surface area contributed by atoms with Crippen LogP contribution in [0.1, 0.15) is 144 Å². The predicted molar refractivity (Wildman–Crippen MR) is 447 cm³/mol. The second kappa shape index (κ2) is 31.5. The van der Waals surface area contributed by atoms with Gasteiger partial charge in [0.25, 0.3) is 0 Å². The molecule has 4 nitrogen and oxygen atoms in total. The summed E-state index contributed by atoms with van der Waals surface area (Å²) in [4.78, 5) is 5.54. The van der Waals surface area contributed by atoms with Crippen molar-refractivity contribution in [3.8, 4) is 0 Å². The maximum absolute atomic E-state index is 9.75. The second-order valence-corrected chi connectivity index (χ2v) is 30.0. The molecule has 20 rings (SSSR count). The molecule has 8 atom stereocenters. The highest BCUT2D eigenvalue weighted by Gasteiger charge is 2.47. The SMILES string of the molecule is C(N1[C@@H](c2cccc3ccccc23)CC[C@@H]1c1cccc2ccccc12)=[N+]1C(c2cccc3ccccc23)CC[C@@H]1c1cccc2ccccc12.C(N1[C@H](c2cccc3ccccc23)CC[C@H]1c1cccc2ccccc12)=[N+]1[C@H](c2cccc3ccccc23)CC[C@H]1c1cccc2ccccc12.F[B-](F)(F)F.F[B-](F)(F)F. The lowest BCUT2D eigenvalue weighted by molar-refractivity contribution is -0.590. The third-order valence-corrected chi connectivity index (χ3v) is 23.7. The van der Waals surface area contributed by atoms with Crippen LogP contribution in [0.5, 0.6) is 0 Å². The first kappa shape index (κ1) is 72.9. The second-order valence-electron chi connectivity index (χ2n) is 30.0. The predicted octanol–water partition coefficient (Wildman–Crippen LogP) is 27.6. The van der Waals surface area contributed by atoms with Gasteiger partial charge in [-0.05, 0) is 138 Å². The molecular weight excluding hydrogens is 1410 g/mol. The van der Waals surface area contributed by atoms with Crippen LogP contribution in [0.3, 0.4) is 0 Å². The number of halogens is 8. The standard InChI is InChI=1S/2C49H41N2.2BF4/c2*1-5-21-38-34(13-1)17-9-25-42(38)46-29-30-47(43-26-10-18-35-14-2-6-22-39(35)43)50(46)33-51-48(44-27-11-19-36-15-3-7-23-40(36)44)31-32-49(51)45-28-12-20-37-16-4-8-24-41(37)45;2*2-1(3,4)5/h2*1-28,33,46-49H,29-32H2;;/q2*+1;2*-1/t46-,47-,48-,49?;46-,47-,48-,49-;;/m10../s1. The molecule has 0 amide bonds. The molecule has 0 saturated carbocycles. The molecule has 0 aliphatic carbocycles. The molecule has 16 aromatic carbocycles. The van der Waals surface area contributed by atoms with Gasteiger partial charge in [0, 0.05) is 44.5 Å². The normalized spacial score (nSPS) is 20.2. The minimum Gasteiger partial charge on any atom is -0.418 e. The smallest absolute Gasteiger partial charge is 0.418 e. The Kier molecular flexibility index (Phi) is 20.5. The molecule has 1 unspecified atom stereocenters. The van der Waals surface area contributed by atoms with E-state index in [4.69, 9.17) is 0 Å². The Balaban J connectivity index is 0.000000145. The van der Waals surface area contributed by atoms with Crippen LogP contribution in [-0.4, -0.2) is 46.1 Å². The van der Waals surface area contributed by atoms with E-state index in [1.54, 1.807) is 0 Å². The molecule has 4 aliphatic heterocycles. The van der Waals surface area contributed by atoms with Crippen LogP contribution in [0.25, 0.3) is 86.2 Å². The van der Waals surface area contributed by atoms with E-state index in [0.717, 1.165) is 51.4 Å². The molecule has 4 saturated heterocycles. The topological polar surface area (TPSA) is 12.5 Å².